The van der Waals surface area contributed by atoms with Crippen LogP contribution in [0.1, 0.15) is 30.8 Å². The quantitative estimate of drug-likeness (QED) is 0.535. The zero-order valence-corrected chi connectivity index (χ0v) is 19.2. The SMILES string of the molecule is CCc1ccc(OC(C)C(=O)Nc2ccc(S(=O)(=O)Nc3nc(C)cc(C)n3)cc2)cc1. The second-order valence-corrected chi connectivity index (χ2v) is 9.03. The summed E-state index contributed by atoms with van der Waals surface area (Å²) in [5.41, 5.74) is 2.95. The molecule has 0 aliphatic rings. The summed E-state index contributed by atoms with van der Waals surface area (Å²) >= 11 is 0. The fourth-order valence-corrected chi connectivity index (χ4v) is 3.92. The number of carbonyl (C=O) groups is 1. The Kier molecular flexibility index (Phi) is 7.09. The number of aryl methyl sites for hydroxylation is 3. The van der Waals surface area contributed by atoms with Crippen LogP contribution in [0.25, 0.3) is 0 Å². The molecule has 0 spiro atoms. The van der Waals surface area contributed by atoms with E-state index in [0.717, 1.165) is 6.42 Å². The zero-order chi connectivity index (χ0) is 23.3. The zero-order valence-electron chi connectivity index (χ0n) is 18.4. The number of hydrogen-bond acceptors (Lipinski definition) is 6. The van der Waals surface area contributed by atoms with Crippen LogP contribution >= 0.6 is 0 Å². The topological polar surface area (TPSA) is 110 Å². The number of nitrogens with one attached hydrogen (secondary N) is 2. The average molecular weight is 455 g/mol. The molecular formula is C23H26N4O4S. The van der Waals surface area contributed by atoms with E-state index in [2.05, 4.69) is 26.9 Å². The number of hydrogen-bond donors (Lipinski definition) is 2. The van der Waals surface area contributed by atoms with Crippen molar-refractivity contribution in [3.05, 3.63) is 71.5 Å². The van der Waals surface area contributed by atoms with Gasteiger partial charge in [0, 0.05) is 17.1 Å². The molecular weight excluding hydrogens is 428 g/mol. The number of anilines is 2. The summed E-state index contributed by atoms with van der Waals surface area (Å²) in [5.74, 6) is 0.269. The second-order valence-electron chi connectivity index (χ2n) is 7.35. The molecule has 2 N–H and O–H groups in total. The van der Waals surface area contributed by atoms with Crippen molar-refractivity contribution < 1.29 is 17.9 Å². The van der Waals surface area contributed by atoms with Gasteiger partial charge in [0.05, 0.1) is 4.90 Å². The van der Waals surface area contributed by atoms with Crippen molar-refractivity contribution in [2.24, 2.45) is 0 Å². The molecule has 0 aliphatic carbocycles. The first kappa shape index (κ1) is 23.2. The van der Waals surface area contributed by atoms with E-state index in [1.165, 1.54) is 29.8 Å². The summed E-state index contributed by atoms with van der Waals surface area (Å²) in [6.07, 6.45) is 0.198. The number of carbonyl (C=O) groups excluding carboxylic acids is 1. The summed E-state index contributed by atoms with van der Waals surface area (Å²) in [5, 5.41) is 2.72. The van der Waals surface area contributed by atoms with Gasteiger partial charge in [-0.2, -0.15) is 0 Å². The lowest BCUT2D eigenvalue weighted by atomic mass is 10.2. The van der Waals surface area contributed by atoms with E-state index in [1.54, 1.807) is 26.8 Å². The van der Waals surface area contributed by atoms with Crippen molar-refractivity contribution >= 4 is 27.6 Å². The third kappa shape index (κ3) is 6.04. The van der Waals surface area contributed by atoms with Crippen LogP contribution in [0.4, 0.5) is 11.6 Å². The Hall–Kier alpha value is -3.46. The highest BCUT2D eigenvalue weighted by molar-refractivity contribution is 7.92. The number of sulfonamides is 1. The summed E-state index contributed by atoms with van der Waals surface area (Å²) in [6, 6.07) is 15.1. The predicted octanol–water partition coefficient (Wildman–Crippen LogP) is 3.86. The van der Waals surface area contributed by atoms with Gasteiger partial charge >= 0.3 is 0 Å². The molecule has 2 aromatic carbocycles. The minimum atomic E-state index is -3.87. The second kappa shape index (κ2) is 9.78. The molecule has 0 radical (unpaired) electrons. The van der Waals surface area contributed by atoms with Gasteiger partial charge in [-0.1, -0.05) is 19.1 Å². The smallest absolute Gasteiger partial charge is 0.265 e. The number of ether oxygens (including phenoxy) is 1. The number of amides is 1. The third-order valence-corrected chi connectivity index (χ3v) is 6.00. The van der Waals surface area contributed by atoms with Crippen molar-refractivity contribution in [3.63, 3.8) is 0 Å². The van der Waals surface area contributed by atoms with Crippen LogP contribution in [-0.4, -0.2) is 30.4 Å². The number of aromatic nitrogens is 2. The maximum Gasteiger partial charge on any atom is 0.265 e. The highest BCUT2D eigenvalue weighted by atomic mass is 32.2. The Bertz CT molecular complexity index is 1170. The average Bonchev–Trinajstić information content (AvgIpc) is 2.73. The molecule has 1 atom stereocenters. The first-order valence-electron chi connectivity index (χ1n) is 10.2. The minimum absolute atomic E-state index is 0.0119. The molecule has 1 heterocycles. The van der Waals surface area contributed by atoms with E-state index in [-0.39, 0.29) is 16.8 Å². The van der Waals surface area contributed by atoms with Gasteiger partial charge in [0.25, 0.3) is 15.9 Å². The molecule has 9 heteroatoms. The highest BCUT2D eigenvalue weighted by Gasteiger charge is 2.18. The Morgan fingerprint density at radius 3 is 2.16 bits per heavy atom. The number of nitrogens with zero attached hydrogens (tertiary/aromatic N) is 2. The molecule has 32 heavy (non-hydrogen) atoms. The highest BCUT2D eigenvalue weighted by Crippen LogP contribution is 2.18. The Morgan fingerprint density at radius 1 is 1.00 bits per heavy atom. The van der Waals surface area contributed by atoms with Gasteiger partial charge in [0.15, 0.2) is 6.10 Å². The summed E-state index contributed by atoms with van der Waals surface area (Å²) in [6.45, 7) is 7.23. The lowest BCUT2D eigenvalue weighted by Crippen LogP contribution is -2.30. The predicted molar refractivity (Wildman–Crippen MR) is 123 cm³/mol. The van der Waals surface area contributed by atoms with Gasteiger partial charge in [0.2, 0.25) is 5.95 Å². The first-order valence-corrected chi connectivity index (χ1v) is 11.7. The monoisotopic (exact) mass is 454 g/mol. The molecule has 1 unspecified atom stereocenters. The molecule has 0 aliphatic heterocycles. The molecule has 3 rings (SSSR count). The van der Waals surface area contributed by atoms with E-state index in [0.29, 0.717) is 22.8 Å². The number of benzene rings is 2. The van der Waals surface area contributed by atoms with E-state index in [9.17, 15) is 13.2 Å². The Labute approximate surface area is 188 Å². The molecule has 0 saturated heterocycles. The van der Waals surface area contributed by atoms with Crippen molar-refractivity contribution in [2.45, 2.75) is 45.1 Å². The molecule has 0 fully saturated rings. The van der Waals surface area contributed by atoms with Crippen LogP contribution in [0, 0.1) is 13.8 Å². The first-order chi connectivity index (χ1) is 15.2. The summed E-state index contributed by atoms with van der Waals surface area (Å²) in [7, 11) is -3.87. The van der Waals surface area contributed by atoms with Crippen LogP contribution in [0.15, 0.2) is 59.5 Å². The van der Waals surface area contributed by atoms with Crippen LogP contribution in [0.5, 0.6) is 5.75 Å². The number of rotatable bonds is 8. The van der Waals surface area contributed by atoms with Crippen LogP contribution in [0.2, 0.25) is 0 Å². The van der Waals surface area contributed by atoms with Gasteiger partial charge in [-0.3, -0.25) is 4.79 Å². The normalized spacial score (nSPS) is 12.1. The fraction of sp³-hybridized carbons (Fsp3) is 0.261. The van der Waals surface area contributed by atoms with Crippen LogP contribution in [-0.2, 0) is 21.2 Å². The van der Waals surface area contributed by atoms with Crippen LogP contribution < -0.4 is 14.8 Å². The molecule has 168 valence electrons. The maximum absolute atomic E-state index is 12.6. The van der Waals surface area contributed by atoms with E-state index in [1.807, 2.05) is 24.3 Å². The standard InChI is InChI=1S/C23H26N4O4S/c1-5-18-6-10-20(11-7-18)31-17(4)22(28)26-19-8-12-21(13-9-19)32(29,30)27-23-24-15(2)14-16(3)25-23/h6-14,17H,5H2,1-4H3,(H,26,28)(H,24,25,27). The van der Waals surface area contributed by atoms with E-state index >= 15 is 0 Å². The van der Waals surface area contributed by atoms with E-state index < -0.39 is 16.1 Å². The van der Waals surface area contributed by atoms with E-state index in [4.69, 9.17) is 4.74 Å². The molecule has 8 nitrogen and oxygen atoms in total. The van der Waals surface area contributed by atoms with Crippen molar-refractivity contribution in [2.75, 3.05) is 10.0 Å². The van der Waals surface area contributed by atoms with Crippen molar-refractivity contribution in [1.82, 2.24) is 9.97 Å². The molecule has 3 aromatic rings. The summed E-state index contributed by atoms with van der Waals surface area (Å²) in [4.78, 5) is 20.7. The maximum atomic E-state index is 12.6. The Balaban J connectivity index is 1.63. The van der Waals surface area contributed by atoms with Crippen LogP contribution in [0.3, 0.4) is 0 Å². The van der Waals surface area contributed by atoms with Crippen molar-refractivity contribution in [1.29, 1.82) is 0 Å². The van der Waals surface area contributed by atoms with Gasteiger partial charge in [-0.25, -0.2) is 23.1 Å². The van der Waals surface area contributed by atoms with Gasteiger partial charge < -0.3 is 10.1 Å². The summed E-state index contributed by atoms with van der Waals surface area (Å²) < 4.78 is 33.3. The lowest BCUT2D eigenvalue weighted by molar-refractivity contribution is -0.122. The third-order valence-electron chi connectivity index (χ3n) is 4.65. The lowest BCUT2D eigenvalue weighted by Gasteiger charge is -2.15. The van der Waals surface area contributed by atoms with Crippen molar-refractivity contribution in [3.8, 4) is 5.75 Å². The van der Waals surface area contributed by atoms with Gasteiger partial charge in [0.1, 0.15) is 5.75 Å². The molecule has 1 aromatic heterocycles. The molecule has 1 amide bonds. The van der Waals surface area contributed by atoms with Gasteiger partial charge in [-0.15, -0.1) is 0 Å². The van der Waals surface area contributed by atoms with Gasteiger partial charge in [-0.05, 0) is 75.2 Å². The fourth-order valence-electron chi connectivity index (χ4n) is 2.97. The molecule has 0 bridgehead atoms. The molecule has 0 saturated carbocycles. The largest absolute Gasteiger partial charge is 0.481 e. The minimum Gasteiger partial charge on any atom is -0.481 e. The Morgan fingerprint density at radius 2 is 1.59 bits per heavy atom.